The molecule has 1 spiro atoms. The molecule has 4 heterocycles. The SMILES string of the molecule is O=C1C[C@H]2N(Cc3cccc(Cn4cccn4)c3)CC[C@]23OCCCN13. The van der Waals surface area contributed by atoms with Gasteiger partial charge < -0.3 is 9.64 Å². The molecule has 0 saturated carbocycles. The summed E-state index contributed by atoms with van der Waals surface area (Å²) in [6, 6.07) is 10.8. The molecule has 1 aromatic carbocycles. The molecular weight excluding hydrogens is 328 g/mol. The van der Waals surface area contributed by atoms with Crippen LogP contribution in [0.5, 0.6) is 0 Å². The van der Waals surface area contributed by atoms with E-state index in [0.29, 0.717) is 6.42 Å². The van der Waals surface area contributed by atoms with Gasteiger partial charge in [-0.05, 0) is 23.6 Å². The van der Waals surface area contributed by atoms with Gasteiger partial charge in [-0.3, -0.25) is 14.4 Å². The van der Waals surface area contributed by atoms with Crippen molar-refractivity contribution in [2.75, 3.05) is 19.7 Å². The molecule has 2 atom stereocenters. The number of hydrogen-bond donors (Lipinski definition) is 0. The van der Waals surface area contributed by atoms with Crippen molar-refractivity contribution in [1.29, 1.82) is 0 Å². The molecule has 0 bridgehead atoms. The van der Waals surface area contributed by atoms with Crippen molar-refractivity contribution in [3.8, 4) is 0 Å². The van der Waals surface area contributed by atoms with Crippen LogP contribution in [0.15, 0.2) is 42.7 Å². The maximum absolute atomic E-state index is 12.5. The summed E-state index contributed by atoms with van der Waals surface area (Å²) < 4.78 is 8.14. The summed E-state index contributed by atoms with van der Waals surface area (Å²) in [5, 5.41) is 4.29. The van der Waals surface area contributed by atoms with E-state index in [9.17, 15) is 4.79 Å². The van der Waals surface area contributed by atoms with Gasteiger partial charge in [-0.25, -0.2) is 0 Å². The van der Waals surface area contributed by atoms with E-state index < -0.39 is 0 Å². The van der Waals surface area contributed by atoms with Gasteiger partial charge in [0.1, 0.15) is 0 Å². The quantitative estimate of drug-likeness (QED) is 0.843. The molecule has 0 unspecified atom stereocenters. The zero-order chi connectivity index (χ0) is 17.6. The molecule has 0 N–H and O–H groups in total. The lowest BCUT2D eigenvalue weighted by atomic mass is 10.0. The van der Waals surface area contributed by atoms with E-state index in [1.165, 1.54) is 11.1 Å². The maximum Gasteiger partial charge on any atom is 0.226 e. The summed E-state index contributed by atoms with van der Waals surface area (Å²) in [5.74, 6) is 0.256. The molecular formula is C20H24N4O2. The van der Waals surface area contributed by atoms with E-state index in [-0.39, 0.29) is 17.7 Å². The summed E-state index contributed by atoms with van der Waals surface area (Å²) in [7, 11) is 0. The average Bonchev–Trinajstić information content (AvgIpc) is 3.33. The Morgan fingerprint density at radius 1 is 1.19 bits per heavy atom. The summed E-state index contributed by atoms with van der Waals surface area (Å²) >= 11 is 0. The molecule has 136 valence electrons. The van der Waals surface area contributed by atoms with Gasteiger partial charge in [0.25, 0.3) is 0 Å². The number of rotatable bonds is 4. The summed E-state index contributed by atoms with van der Waals surface area (Å²) in [4.78, 5) is 16.9. The van der Waals surface area contributed by atoms with Crippen molar-refractivity contribution in [3.63, 3.8) is 0 Å². The van der Waals surface area contributed by atoms with Crippen LogP contribution in [0.2, 0.25) is 0 Å². The van der Waals surface area contributed by atoms with Crippen molar-refractivity contribution < 1.29 is 9.53 Å². The van der Waals surface area contributed by atoms with Crippen molar-refractivity contribution in [1.82, 2.24) is 19.6 Å². The Hall–Kier alpha value is -2.18. The maximum atomic E-state index is 12.5. The topological polar surface area (TPSA) is 50.6 Å². The number of benzene rings is 1. The highest BCUT2D eigenvalue weighted by atomic mass is 16.5. The molecule has 0 radical (unpaired) electrons. The van der Waals surface area contributed by atoms with E-state index in [2.05, 4.69) is 34.3 Å². The van der Waals surface area contributed by atoms with Crippen LogP contribution in [-0.2, 0) is 22.6 Å². The molecule has 1 aromatic heterocycles. The third kappa shape index (κ3) is 2.56. The van der Waals surface area contributed by atoms with Gasteiger partial charge in [-0.15, -0.1) is 0 Å². The second kappa shape index (κ2) is 6.21. The second-order valence-corrected chi connectivity index (χ2v) is 7.56. The summed E-state index contributed by atoms with van der Waals surface area (Å²) in [5.41, 5.74) is 2.17. The Balaban J connectivity index is 1.33. The number of nitrogens with zero attached hydrogens (tertiary/aromatic N) is 4. The molecule has 6 heteroatoms. The number of likely N-dealkylation sites (tertiary alicyclic amines) is 1. The van der Waals surface area contributed by atoms with Gasteiger partial charge in [0.2, 0.25) is 5.91 Å². The second-order valence-electron chi connectivity index (χ2n) is 7.56. The summed E-state index contributed by atoms with van der Waals surface area (Å²) in [6.07, 6.45) is 6.26. The monoisotopic (exact) mass is 352 g/mol. The smallest absolute Gasteiger partial charge is 0.226 e. The lowest BCUT2D eigenvalue weighted by molar-refractivity contribution is -0.180. The number of ether oxygens (including phenoxy) is 1. The molecule has 2 aromatic rings. The molecule has 3 saturated heterocycles. The predicted molar refractivity (Wildman–Crippen MR) is 96.2 cm³/mol. The molecule has 1 amide bonds. The van der Waals surface area contributed by atoms with Crippen molar-refractivity contribution in [2.24, 2.45) is 0 Å². The number of aromatic nitrogens is 2. The lowest BCUT2D eigenvalue weighted by Crippen LogP contribution is -2.56. The first-order valence-corrected chi connectivity index (χ1v) is 9.48. The fraction of sp³-hybridized carbons (Fsp3) is 0.500. The summed E-state index contributed by atoms with van der Waals surface area (Å²) in [6.45, 7) is 4.25. The normalized spacial score (nSPS) is 28.4. The fourth-order valence-corrected chi connectivity index (χ4v) is 4.86. The van der Waals surface area contributed by atoms with Crippen molar-refractivity contribution in [3.05, 3.63) is 53.9 Å². The van der Waals surface area contributed by atoms with Gasteiger partial charge in [0.15, 0.2) is 5.72 Å². The first-order valence-electron chi connectivity index (χ1n) is 9.48. The van der Waals surface area contributed by atoms with Crippen LogP contribution in [0.25, 0.3) is 0 Å². The first kappa shape index (κ1) is 16.0. The predicted octanol–water partition coefficient (Wildman–Crippen LogP) is 1.85. The van der Waals surface area contributed by atoms with E-state index in [1.807, 2.05) is 21.8 Å². The van der Waals surface area contributed by atoms with Gasteiger partial charge >= 0.3 is 0 Å². The largest absolute Gasteiger partial charge is 0.354 e. The number of carbonyl (C=O) groups excluding carboxylic acids is 1. The van der Waals surface area contributed by atoms with Crippen LogP contribution >= 0.6 is 0 Å². The number of hydrogen-bond acceptors (Lipinski definition) is 4. The zero-order valence-corrected chi connectivity index (χ0v) is 14.9. The molecule has 5 rings (SSSR count). The molecule has 3 fully saturated rings. The van der Waals surface area contributed by atoms with Crippen LogP contribution in [0.3, 0.4) is 0 Å². The van der Waals surface area contributed by atoms with Crippen LogP contribution in [0.1, 0.15) is 30.4 Å². The van der Waals surface area contributed by atoms with Gasteiger partial charge in [-0.2, -0.15) is 5.10 Å². The third-order valence-corrected chi connectivity index (χ3v) is 6.00. The van der Waals surface area contributed by atoms with Crippen LogP contribution < -0.4 is 0 Å². The minimum atomic E-state index is -0.359. The molecule has 3 aliphatic heterocycles. The number of amides is 1. The van der Waals surface area contributed by atoms with Gasteiger partial charge in [-0.1, -0.05) is 24.3 Å². The van der Waals surface area contributed by atoms with Gasteiger partial charge in [0, 0.05) is 44.9 Å². The number of carbonyl (C=O) groups is 1. The molecule has 6 nitrogen and oxygen atoms in total. The average molecular weight is 352 g/mol. The highest BCUT2D eigenvalue weighted by Crippen LogP contribution is 2.45. The van der Waals surface area contributed by atoms with E-state index >= 15 is 0 Å². The Labute approximate surface area is 153 Å². The van der Waals surface area contributed by atoms with E-state index in [4.69, 9.17) is 4.74 Å². The van der Waals surface area contributed by atoms with Gasteiger partial charge in [0.05, 0.1) is 19.2 Å². The minimum absolute atomic E-state index is 0.185. The Kier molecular flexibility index (Phi) is 3.83. The Morgan fingerprint density at radius 2 is 2.08 bits per heavy atom. The van der Waals surface area contributed by atoms with Crippen LogP contribution in [0.4, 0.5) is 0 Å². The Bertz CT molecular complexity index is 806. The molecule has 0 aliphatic carbocycles. The van der Waals surface area contributed by atoms with E-state index in [0.717, 1.165) is 45.6 Å². The standard InChI is InChI=1S/C20H24N4O2/c25-19-13-18-20(24(19)9-3-11-26-20)6-10-22(18)14-16-4-1-5-17(12-16)15-23-8-2-7-21-23/h1-2,4-5,7-8,12,18H,3,6,9-11,13-15H2/t18-,20+/m1/s1. The highest BCUT2D eigenvalue weighted by Gasteiger charge is 2.60. The Morgan fingerprint density at radius 3 is 2.92 bits per heavy atom. The van der Waals surface area contributed by atoms with Crippen LogP contribution in [0, 0.1) is 0 Å². The van der Waals surface area contributed by atoms with Crippen molar-refractivity contribution in [2.45, 2.75) is 44.1 Å². The highest BCUT2D eigenvalue weighted by molar-refractivity contribution is 5.81. The van der Waals surface area contributed by atoms with Crippen molar-refractivity contribution >= 4 is 5.91 Å². The van der Waals surface area contributed by atoms with Crippen LogP contribution in [-0.4, -0.2) is 57.0 Å². The first-order chi connectivity index (χ1) is 12.7. The lowest BCUT2D eigenvalue weighted by Gasteiger charge is -2.42. The molecule has 26 heavy (non-hydrogen) atoms. The molecule has 3 aliphatic rings. The fourth-order valence-electron chi connectivity index (χ4n) is 4.86. The van der Waals surface area contributed by atoms with E-state index in [1.54, 1.807) is 6.20 Å². The zero-order valence-electron chi connectivity index (χ0n) is 14.9. The third-order valence-electron chi connectivity index (χ3n) is 6.00. The minimum Gasteiger partial charge on any atom is -0.354 e.